The zero-order chi connectivity index (χ0) is 17.4. The average molecular weight is 342 g/mol. The summed E-state index contributed by atoms with van der Waals surface area (Å²) in [5, 5.41) is 18.5. The van der Waals surface area contributed by atoms with Crippen LogP contribution in [0.15, 0.2) is 24.4 Å². The van der Waals surface area contributed by atoms with E-state index in [1.807, 2.05) is 17.8 Å². The summed E-state index contributed by atoms with van der Waals surface area (Å²) in [6.45, 7) is 6.97. The molecule has 2 fully saturated rings. The highest BCUT2D eigenvalue weighted by Crippen LogP contribution is 2.31. The number of aryl methyl sites for hydroxylation is 1. The van der Waals surface area contributed by atoms with Gasteiger partial charge in [-0.1, -0.05) is 11.3 Å². The first-order valence-electron chi connectivity index (χ1n) is 9.10. The quantitative estimate of drug-likeness (QED) is 0.924. The lowest BCUT2D eigenvalue weighted by Gasteiger charge is -2.45. The summed E-state index contributed by atoms with van der Waals surface area (Å²) < 4.78 is 7.68. The van der Waals surface area contributed by atoms with Crippen molar-refractivity contribution in [1.29, 1.82) is 0 Å². The molecule has 6 nitrogen and oxygen atoms in total. The second-order valence-electron chi connectivity index (χ2n) is 7.67. The van der Waals surface area contributed by atoms with E-state index in [1.54, 1.807) is 0 Å². The molecule has 2 aliphatic rings. The van der Waals surface area contributed by atoms with Crippen molar-refractivity contribution in [2.45, 2.75) is 51.4 Å². The van der Waals surface area contributed by atoms with E-state index in [2.05, 4.69) is 40.3 Å². The number of aromatic nitrogens is 3. The van der Waals surface area contributed by atoms with Crippen LogP contribution in [0.1, 0.15) is 31.7 Å². The molecule has 1 aromatic heterocycles. The smallest absolute Gasteiger partial charge is 0.113 e. The summed E-state index contributed by atoms with van der Waals surface area (Å²) in [6.07, 6.45) is 5.76. The minimum Gasteiger partial charge on any atom is -0.386 e. The van der Waals surface area contributed by atoms with Gasteiger partial charge in [-0.25, -0.2) is 4.68 Å². The molecule has 0 spiro atoms. The second kappa shape index (κ2) is 6.42. The van der Waals surface area contributed by atoms with E-state index in [4.69, 9.17) is 4.74 Å². The molecule has 0 radical (unpaired) electrons. The normalized spacial score (nSPS) is 22.7. The molecule has 6 heteroatoms. The highest BCUT2D eigenvalue weighted by atomic mass is 16.5. The van der Waals surface area contributed by atoms with Gasteiger partial charge in [0, 0.05) is 30.9 Å². The molecule has 3 heterocycles. The van der Waals surface area contributed by atoms with Gasteiger partial charge < -0.3 is 14.7 Å². The van der Waals surface area contributed by atoms with Crippen LogP contribution < -0.4 is 4.90 Å². The van der Waals surface area contributed by atoms with Gasteiger partial charge in [-0.05, 0) is 50.8 Å². The van der Waals surface area contributed by atoms with Crippen molar-refractivity contribution in [1.82, 2.24) is 15.0 Å². The Labute approximate surface area is 148 Å². The van der Waals surface area contributed by atoms with Gasteiger partial charge in [0.2, 0.25) is 0 Å². The largest absolute Gasteiger partial charge is 0.386 e. The number of nitrogens with zero attached hydrogens (tertiary/aromatic N) is 4. The van der Waals surface area contributed by atoms with E-state index in [-0.39, 0.29) is 6.10 Å². The van der Waals surface area contributed by atoms with E-state index in [0.29, 0.717) is 13.1 Å². The maximum atomic E-state index is 9.91. The Hall–Kier alpha value is -1.92. The maximum absolute atomic E-state index is 9.91. The molecular formula is C19H26N4O2. The Morgan fingerprint density at radius 3 is 2.84 bits per heavy atom. The summed E-state index contributed by atoms with van der Waals surface area (Å²) >= 11 is 0. The van der Waals surface area contributed by atoms with Gasteiger partial charge in [0.15, 0.2) is 0 Å². The Balaban J connectivity index is 1.46. The maximum Gasteiger partial charge on any atom is 0.113 e. The molecular weight excluding hydrogens is 316 g/mol. The third-order valence-electron chi connectivity index (χ3n) is 5.12. The Kier molecular flexibility index (Phi) is 4.25. The predicted octanol–water partition coefficient (Wildman–Crippen LogP) is 2.39. The first kappa shape index (κ1) is 16.5. The van der Waals surface area contributed by atoms with Gasteiger partial charge in [0.25, 0.3) is 0 Å². The highest BCUT2D eigenvalue weighted by Gasteiger charge is 2.36. The average Bonchev–Trinajstić information content (AvgIpc) is 3.01. The van der Waals surface area contributed by atoms with E-state index < -0.39 is 5.60 Å². The van der Waals surface area contributed by atoms with Crippen molar-refractivity contribution >= 4 is 5.69 Å². The third-order valence-corrected chi connectivity index (χ3v) is 5.12. The molecule has 25 heavy (non-hydrogen) atoms. The van der Waals surface area contributed by atoms with Crippen LogP contribution in [-0.2, 0) is 11.3 Å². The van der Waals surface area contributed by atoms with Crippen molar-refractivity contribution in [2.24, 2.45) is 0 Å². The van der Waals surface area contributed by atoms with E-state index in [0.717, 1.165) is 42.9 Å². The predicted molar refractivity (Wildman–Crippen MR) is 96.6 cm³/mol. The molecule has 0 bridgehead atoms. The van der Waals surface area contributed by atoms with Crippen molar-refractivity contribution in [2.75, 3.05) is 24.6 Å². The minimum atomic E-state index is -0.559. The number of rotatable bonds is 4. The number of benzene rings is 1. The number of β-amino-alcohol motifs (C(OH)–C–C–N with tert-alkyl or cyclic N) is 1. The van der Waals surface area contributed by atoms with Gasteiger partial charge in [-0.15, -0.1) is 5.10 Å². The van der Waals surface area contributed by atoms with Crippen LogP contribution in [0.25, 0.3) is 11.3 Å². The lowest BCUT2D eigenvalue weighted by atomic mass is 9.95. The highest BCUT2D eigenvalue weighted by molar-refractivity contribution is 5.67. The van der Waals surface area contributed by atoms with Crippen LogP contribution in [-0.4, -0.2) is 51.5 Å². The lowest BCUT2D eigenvalue weighted by Crippen LogP contribution is -2.60. The lowest BCUT2D eigenvalue weighted by molar-refractivity contribution is 0.00370. The van der Waals surface area contributed by atoms with Crippen LogP contribution >= 0.6 is 0 Å². The number of hydrogen-bond acceptors (Lipinski definition) is 5. The summed E-state index contributed by atoms with van der Waals surface area (Å²) in [5.41, 5.74) is 3.76. The zero-order valence-corrected chi connectivity index (χ0v) is 15.0. The summed E-state index contributed by atoms with van der Waals surface area (Å²) in [7, 11) is 0. The second-order valence-corrected chi connectivity index (χ2v) is 7.67. The molecule has 4 rings (SSSR count). The molecule has 1 aromatic carbocycles. The van der Waals surface area contributed by atoms with Crippen molar-refractivity contribution < 1.29 is 9.84 Å². The molecule has 2 aromatic rings. The fourth-order valence-corrected chi connectivity index (χ4v) is 3.76. The summed E-state index contributed by atoms with van der Waals surface area (Å²) in [5.74, 6) is 0. The van der Waals surface area contributed by atoms with Crippen molar-refractivity contribution in [3.63, 3.8) is 0 Å². The van der Waals surface area contributed by atoms with Crippen molar-refractivity contribution in [3.8, 4) is 11.3 Å². The molecule has 0 amide bonds. The van der Waals surface area contributed by atoms with Crippen LogP contribution in [0.3, 0.4) is 0 Å². The Morgan fingerprint density at radius 1 is 1.32 bits per heavy atom. The van der Waals surface area contributed by atoms with E-state index >= 15 is 0 Å². The zero-order valence-electron chi connectivity index (χ0n) is 15.0. The minimum absolute atomic E-state index is 0.256. The standard InChI is InChI=1S/C19H26N4O2/c1-14-9-15(22-12-19(2,24)13-22)6-7-17(14)18-11-23(21-20-18)10-16-5-3-4-8-25-16/h6-7,9,11,16,24H,3-5,8,10,12-13H2,1-2H3. The molecule has 1 N–H and O–H groups in total. The monoisotopic (exact) mass is 342 g/mol. The molecule has 134 valence electrons. The first-order valence-corrected chi connectivity index (χ1v) is 9.10. The van der Waals surface area contributed by atoms with Gasteiger partial charge in [0.1, 0.15) is 5.69 Å². The van der Waals surface area contributed by atoms with Gasteiger partial charge in [-0.2, -0.15) is 0 Å². The number of anilines is 1. The van der Waals surface area contributed by atoms with Crippen molar-refractivity contribution in [3.05, 3.63) is 30.0 Å². The van der Waals surface area contributed by atoms with E-state index in [1.165, 1.54) is 12.0 Å². The first-order chi connectivity index (χ1) is 12.0. The number of aliphatic hydroxyl groups is 1. The Bertz CT molecular complexity index is 742. The van der Waals surface area contributed by atoms with Gasteiger partial charge >= 0.3 is 0 Å². The van der Waals surface area contributed by atoms with Crippen LogP contribution in [0.4, 0.5) is 5.69 Å². The van der Waals surface area contributed by atoms with E-state index in [9.17, 15) is 5.11 Å². The summed E-state index contributed by atoms with van der Waals surface area (Å²) in [4.78, 5) is 2.19. The molecule has 2 saturated heterocycles. The fraction of sp³-hybridized carbons (Fsp3) is 0.579. The van der Waals surface area contributed by atoms with Gasteiger partial charge in [0.05, 0.1) is 24.4 Å². The fourth-order valence-electron chi connectivity index (χ4n) is 3.76. The molecule has 2 aliphatic heterocycles. The molecule has 1 atom stereocenters. The number of hydrogen-bond donors (Lipinski definition) is 1. The topological polar surface area (TPSA) is 63.4 Å². The van der Waals surface area contributed by atoms with Crippen LogP contribution in [0, 0.1) is 6.92 Å². The Morgan fingerprint density at radius 2 is 2.16 bits per heavy atom. The van der Waals surface area contributed by atoms with Gasteiger partial charge in [-0.3, -0.25) is 0 Å². The number of ether oxygens (including phenoxy) is 1. The molecule has 0 aliphatic carbocycles. The SMILES string of the molecule is Cc1cc(N2CC(C)(O)C2)ccc1-c1cn(CC2CCCCO2)nn1. The van der Waals surface area contributed by atoms with Crippen LogP contribution in [0.5, 0.6) is 0 Å². The third kappa shape index (κ3) is 3.55. The summed E-state index contributed by atoms with van der Waals surface area (Å²) in [6, 6.07) is 6.36. The molecule has 0 saturated carbocycles. The van der Waals surface area contributed by atoms with Crippen LogP contribution in [0.2, 0.25) is 0 Å². The molecule has 1 unspecified atom stereocenters.